The number of hydrogen-bond acceptors (Lipinski definition) is 6. The molecular formula is C20H19N3O3S. The molecule has 3 heterocycles. The largest absolute Gasteiger partial charge is 0.496 e. The number of hydrogen-bond donors (Lipinski definition) is 0. The molecule has 0 bridgehead atoms. The van der Waals surface area contributed by atoms with Crippen LogP contribution in [0.4, 0.5) is 9.93 Å². The third-order valence-electron chi connectivity index (χ3n) is 5.21. The van der Waals surface area contributed by atoms with Gasteiger partial charge in [0.25, 0.3) is 0 Å². The van der Waals surface area contributed by atoms with Crippen LogP contribution in [0.15, 0.2) is 48.5 Å². The van der Waals surface area contributed by atoms with Gasteiger partial charge in [0.2, 0.25) is 0 Å². The predicted octanol–water partition coefficient (Wildman–Crippen LogP) is 3.51. The second-order valence-corrected chi connectivity index (χ2v) is 7.81. The van der Waals surface area contributed by atoms with E-state index in [9.17, 15) is 4.79 Å². The van der Waals surface area contributed by atoms with Crippen molar-refractivity contribution in [3.8, 4) is 5.75 Å². The van der Waals surface area contributed by atoms with Gasteiger partial charge in [-0.1, -0.05) is 41.7 Å². The van der Waals surface area contributed by atoms with Gasteiger partial charge in [0.05, 0.1) is 36.5 Å². The number of para-hydroxylation sites is 2. The van der Waals surface area contributed by atoms with E-state index in [1.807, 2.05) is 47.4 Å². The Kier molecular flexibility index (Phi) is 3.89. The van der Waals surface area contributed by atoms with Crippen molar-refractivity contribution >= 4 is 32.8 Å². The Morgan fingerprint density at radius 1 is 1.19 bits per heavy atom. The van der Waals surface area contributed by atoms with E-state index in [2.05, 4.69) is 11.0 Å². The number of aromatic nitrogens is 1. The van der Waals surface area contributed by atoms with Crippen LogP contribution in [0.5, 0.6) is 5.75 Å². The molecule has 0 spiro atoms. The Morgan fingerprint density at radius 3 is 2.85 bits per heavy atom. The summed E-state index contributed by atoms with van der Waals surface area (Å²) < 4.78 is 12.3. The monoisotopic (exact) mass is 381 g/mol. The fourth-order valence-electron chi connectivity index (χ4n) is 3.85. The van der Waals surface area contributed by atoms with Crippen molar-refractivity contribution in [3.05, 3.63) is 54.1 Å². The molecule has 6 nitrogen and oxygen atoms in total. The summed E-state index contributed by atoms with van der Waals surface area (Å²) in [4.78, 5) is 21.2. The van der Waals surface area contributed by atoms with Gasteiger partial charge < -0.3 is 14.4 Å². The number of thiazole rings is 1. The van der Waals surface area contributed by atoms with Gasteiger partial charge in [-0.3, -0.25) is 4.90 Å². The predicted molar refractivity (Wildman–Crippen MR) is 104 cm³/mol. The summed E-state index contributed by atoms with van der Waals surface area (Å²) in [5.41, 5.74) is 1.99. The lowest BCUT2D eigenvalue weighted by molar-refractivity contribution is 0.135. The lowest BCUT2D eigenvalue weighted by atomic mass is 10.1. The number of rotatable bonds is 4. The minimum Gasteiger partial charge on any atom is -0.496 e. The third-order valence-corrected chi connectivity index (χ3v) is 6.31. The first-order valence-electron chi connectivity index (χ1n) is 8.92. The average Bonchev–Trinajstić information content (AvgIpc) is 3.36. The summed E-state index contributed by atoms with van der Waals surface area (Å²) in [5.74, 6) is 0.787. The Labute approximate surface area is 160 Å². The van der Waals surface area contributed by atoms with Crippen molar-refractivity contribution in [2.45, 2.75) is 18.7 Å². The molecule has 2 fully saturated rings. The first-order valence-corrected chi connectivity index (χ1v) is 9.74. The number of methoxy groups -OCH3 is 1. The number of amides is 1. The van der Waals surface area contributed by atoms with Crippen molar-refractivity contribution in [2.75, 3.05) is 25.1 Å². The van der Waals surface area contributed by atoms with Crippen LogP contribution in [0, 0.1) is 0 Å². The molecule has 2 aliphatic heterocycles. The summed E-state index contributed by atoms with van der Waals surface area (Å²) in [7, 11) is 1.65. The summed E-state index contributed by atoms with van der Waals surface area (Å²) in [5, 5.41) is 0.985. The molecule has 1 amide bonds. The highest BCUT2D eigenvalue weighted by molar-refractivity contribution is 7.22. The van der Waals surface area contributed by atoms with Gasteiger partial charge in [-0.25, -0.2) is 9.78 Å². The molecule has 1 aromatic heterocycles. The highest BCUT2D eigenvalue weighted by atomic mass is 32.1. The summed E-state index contributed by atoms with van der Waals surface area (Å²) in [6.45, 7) is 1.89. The van der Waals surface area contributed by atoms with Crippen molar-refractivity contribution in [1.29, 1.82) is 0 Å². The van der Waals surface area contributed by atoms with Crippen LogP contribution in [-0.4, -0.2) is 48.3 Å². The second kappa shape index (κ2) is 6.42. The van der Waals surface area contributed by atoms with Crippen LogP contribution in [-0.2, 0) is 11.3 Å². The molecule has 3 aromatic rings. The maximum Gasteiger partial charge on any atom is 0.410 e. The van der Waals surface area contributed by atoms with Gasteiger partial charge in [-0.05, 0) is 18.2 Å². The quantitative estimate of drug-likeness (QED) is 0.692. The molecule has 2 aliphatic rings. The van der Waals surface area contributed by atoms with Gasteiger partial charge >= 0.3 is 6.09 Å². The summed E-state index contributed by atoms with van der Waals surface area (Å²) in [6, 6.07) is 15.9. The van der Waals surface area contributed by atoms with E-state index >= 15 is 0 Å². The van der Waals surface area contributed by atoms with Crippen molar-refractivity contribution < 1.29 is 14.3 Å². The standard InChI is InChI=1S/C20H19N3O3S/c1-25-16-8-4-2-6-13(16)10-23-15-11-22(12-17(15)26-20(23)24)19-21-14-7-3-5-9-18(14)27-19/h2-9,15,17H,10-12H2,1H3/t15-,17+/m1/s1. The van der Waals surface area contributed by atoms with E-state index < -0.39 is 0 Å². The van der Waals surface area contributed by atoms with E-state index in [4.69, 9.17) is 14.5 Å². The van der Waals surface area contributed by atoms with Crippen LogP contribution in [0.3, 0.4) is 0 Å². The molecule has 2 aromatic carbocycles. The SMILES string of the molecule is COc1ccccc1CN1C(=O)O[C@H]2CN(c3nc4ccccc4s3)C[C@H]21. The molecule has 0 aliphatic carbocycles. The fraction of sp³-hybridized carbons (Fsp3) is 0.300. The molecule has 27 heavy (non-hydrogen) atoms. The highest BCUT2D eigenvalue weighted by Crippen LogP contribution is 2.35. The van der Waals surface area contributed by atoms with Gasteiger partial charge in [0.15, 0.2) is 5.13 Å². The Bertz CT molecular complexity index is 972. The Balaban J connectivity index is 1.38. The molecule has 2 atom stereocenters. The number of carbonyl (C=O) groups is 1. The first-order chi connectivity index (χ1) is 13.2. The lowest BCUT2D eigenvalue weighted by Gasteiger charge is -2.23. The third kappa shape index (κ3) is 2.78. The zero-order valence-electron chi connectivity index (χ0n) is 14.9. The van der Waals surface area contributed by atoms with Crippen molar-refractivity contribution in [3.63, 3.8) is 0 Å². The normalized spacial score (nSPS) is 21.6. The first kappa shape index (κ1) is 16.4. The smallest absolute Gasteiger partial charge is 0.410 e. The molecular weight excluding hydrogens is 362 g/mol. The van der Waals surface area contributed by atoms with E-state index in [0.29, 0.717) is 13.1 Å². The van der Waals surface area contributed by atoms with Gasteiger partial charge in [0.1, 0.15) is 11.9 Å². The lowest BCUT2D eigenvalue weighted by Crippen LogP contribution is -2.37. The van der Waals surface area contributed by atoms with Crippen molar-refractivity contribution in [1.82, 2.24) is 9.88 Å². The Morgan fingerprint density at radius 2 is 2.00 bits per heavy atom. The summed E-state index contributed by atoms with van der Waals surface area (Å²) in [6.07, 6.45) is -0.376. The summed E-state index contributed by atoms with van der Waals surface area (Å²) >= 11 is 1.68. The molecule has 2 saturated heterocycles. The second-order valence-electron chi connectivity index (χ2n) is 6.80. The van der Waals surface area contributed by atoms with Crippen LogP contribution in [0.1, 0.15) is 5.56 Å². The molecule has 5 rings (SSSR count). The minimum absolute atomic E-state index is 0.0226. The van der Waals surface area contributed by atoms with E-state index in [-0.39, 0.29) is 18.2 Å². The minimum atomic E-state index is -0.250. The molecule has 0 unspecified atom stereocenters. The number of carbonyl (C=O) groups excluding carboxylic acids is 1. The molecule has 138 valence electrons. The maximum absolute atomic E-state index is 12.4. The molecule has 0 saturated carbocycles. The number of nitrogens with zero attached hydrogens (tertiary/aromatic N) is 3. The maximum atomic E-state index is 12.4. The molecule has 0 radical (unpaired) electrons. The van der Waals surface area contributed by atoms with Crippen molar-refractivity contribution in [2.24, 2.45) is 0 Å². The van der Waals surface area contributed by atoms with Crippen LogP contribution >= 0.6 is 11.3 Å². The average molecular weight is 381 g/mol. The number of ether oxygens (including phenoxy) is 2. The number of anilines is 1. The van der Waals surface area contributed by atoms with Crippen LogP contribution in [0.25, 0.3) is 10.2 Å². The van der Waals surface area contributed by atoms with Gasteiger partial charge in [-0.2, -0.15) is 0 Å². The number of fused-ring (bicyclic) bond motifs is 2. The molecule has 7 heteroatoms. The topological polar surface area (TPSA) is 54.9 Å². The van der Waals surface area contributed by atoms with E-state index in [1.54, 1.807) is 18.4 Å². The zero-order chi connectivity index (χ0) is 18.4. The van der Waals surface area contributed by atoms with Crippen LogP contribution in [0.2, 0.25) is 0 Å². The fourth-order valence-corrected chi connectivity index (χ4v) is 4.84. The van der Waals surface area contributed by atoms with E-state index in [1.165, 1.54) is 4.70 Å². The molecule has 0 N–H and O–H groups in total. The van der Waals surface area contributed by atoms with Gasteiger partial charge in [0, 0.05) is 12.1 Å². The Hall–Kier alpha value is -2.80. The van der Waals surface area contributed by atoms with Crippen LogP contribution < -0.4 is 9.64 Å². The number of benzene rings is 2. The zero-order valence-corrected chi connectivity index (χ0v) is 15.7. The van der Waals surface area contributed by atoms with Gasteiger partial charge in [-0.15, -0.1) is 0 Å². The highest BCUT2D eigenvalue weighted by Gasteiger charge is 2.48. The van der Waals surface area contributed by atoms with E-state index in [0.717, 1.165) is 28.5 Å².